The van der Waals surface area contributed by atoms with Crippen LogP contribution in [0.1, 0.15) is 17.3 Å². The van der Waals surface area contributed by atoms with Gasteiger partial charge >= 0.3 is 0 Å². The third kappa shape index (κ3) is 3.81. The topological polar surface area (TPSA) is 108 Å². The molecule has 142 valence electrons. The molecular formula is C18H15N5O4S. The molecule has 0 fully saturated rings. The first kappa shape index (κ1) is 18.0. The van der Waals surface area contributed by atoms with Gasteiger partial charge in [0.25, 0.3) is 0 Å². The fourth-order valence-electron chi connectivity index (χ4n) is 2.57. The van der Waals surface area contributed by atoms with Gasteiger partial charge in [-0.05, 0) is 53.7 Å². The molecule has 10 heteroatoms. The molecule has 1 aromatic heterocycles. The minimum Gasteiger partial charge on any atom is -0.454 e. The molecular weight excluding hydrogens is 382 g/mol. The van der Waals surface area contributed by atoms with Crippen LogP contribution in [0.5, 0.6) is 11.5 Å². The molecule has 0 bridgehead atoms. The SMILES string of the molecule is CC(=O)c1ccc(-n2nnnc2SCC(=O)Nc2ccc3c(c2)OCO3)cc1. The zero-order chi connectivity index (χ0) is 19.5. The van der Waals surface area contributed by atoms with Crippen LogP contribution < -0.4 is 14.8 Å². The van der Waals surface area contributed by atoms with E-state index in [-0.39, 0.29) is 24.2 Å². The first-order chi connectivity index (χ1) is 13.6. The predicted octanol–water partition coefficient (Wildman–Crippen LogP) is 2.32. The number of rotatable bonds is 6. The van der Waals surface area contributed by atoms with Gasteiger partial charge < -0.3 is 14.8 Å². The molecule has 0 spiro atoms. The second-order valence-electron chi connectivity index (χ2n) is 5.88. The van der Waals surface area contributed by atoms with Gasteiger partial charge in [-0.2, -0.15) is 4.68 Å². The van der Waals surface area contributed by atoms with Gasteiger partial charge in [-0.1, -0.05) is 11.8 Å². The van der Waals surface area contributed by atoms with Crippen LogP contribution in [0.2, 0.25) is 0 Å². The van der Waals surface area contributed by atoms with Crippen LogP contribution in [0.4, 0.5) is 5.69 Å². The number of ketones is 1. The Morgan fingerprint density at radius 3 is 2.71 bits per heavy atom. The quantitative estimate of drug-likeness (QED) is 0.499. The summed E-state index contributed by atoms with van der Waals surface area (Å²) in [5, 5.41) is 14.8. The number of tetrazole rings is 1. The number of nitrogens with zero attached hydrogens (tertiary/aromatic N) is 4. The van der Waals surface area contributed by atoms with Gasteiger partial charge in [-0.15, -0.1) is 5.10 Å². The van der Waals surface area contributed by atoms with Crippen molar-refractivity contribution >= 4 is 29.1 Å². The third-order valence-electron chi connectivity index (χ3n) is 3.95. The maximum Gasteiger partial charge on any atom is 0.234 e. The summed E-state index contributed by atoms with van der Waals surface area (Å²) in [6.07, 6.45) is 0. The van der Waals surface area contributed by atoms with Crippen LogP contribution in [0.15, 0.2) is 47.6 Å². The molecule has 1 N–H and O–H groups in total. The number of carbonyl (C=O) groups is 2. The summed E-state index contributed by atoms with van der Waals surface area (Å²) in [7, 11) is 0. The van der Waals surface area contributed by atoms with Crippen molar-refractivity contribution in [3.63, 3.8) is 0 Å². The number of Topliss-reactive ketones (excluding diaryl/α,β-unsaturated/α-hetero) is 1. The maximum absolute atomic E-state index is 12.3. The molecule has 28 heavy (non-hydrogen) atoms. The van der Waals surface area contributed by atoms with Crippen LogP contribution in [-0.4, -0.2) is 44.4 Å². The van der Waals surface area contributed by atoms with Crippen LogP contribution in [-0.2, 0) is 4.79 Å². The summed E-state index contributed by atoms with van der Waals surface area (Å²) in [4.78, 5) is 23.6. The number of ether oxygens (including phenoxy) is 2. The van der Waals surface area contributed by atoms with E-state index in [4.69, 9.17) is 9.47 Å². The lowest BCUT2D eigenvalue weighted by Gasteiger charge is -2.07. The highest BCUT2D eigenvalue weighted by atomic mass is 32.2. The van der Waals surface area contributed by atoms with Gasteiger partial charge in [0.2, 0.25) is 17.9 Å². The standard InChI is InChI=1S/C18H15N5O4S/c1-11(24)12-2-5-14(6-3-12)23-18(20-21-22-23)28-9-17(25)19-13-4-7-15-16(8-13)27-10-26-15/h2-8H,9-10H2,1H3,(H,19,25). The highest BCUT2D eigenvalue weighted by Crippen LogP contribution is 2.34. The average molecular weight is 397 g/mol. The molecule has 1 aliphatic rings. The first-order valence-corrected chi connectivity index (χ1v) is 9.31. The monoisotopic (exact) mass is 397 g/mol. The number of carbonyl (C=O) groups excluding carboxylic acids is 2. The lowest BCUT2D eigenvalue weighted by atomic mass is 10.1. The molecule has 0 unspecified atom stereocenters. The Morgan fingerprint density at radius 1 is 1.14 bits per heavy atom. The smallest absolute Gasteiger partial charge is 0.234 e. The Labute approximate surface area is 164 Å². The van der Waals surface area contributed by atoms with Crippen molar-refractivity contribution < 1.29 is 19.1 Å². The number of aromatic nitrogens is 4. The average Bonchev–Trinajstić information content (AvgIpc) is 3.35. The minimum atomic E-state index is -0.203. The van der Waals surface area contributed by atoms with Crippen LogP contribution in [0.25, 0.3) is 5.69 Å². The van der Waals surface area contributed by atoms with Crippen molar-refractivity contribution in [1.82, 2.24) is 20.2 Å². The summed E-state index contributed by atoms with van der Waals surface area (Å²) in [5.41, 5.74) is 1.93. The predicted molar refractivity (Wildman–Crippen MR) is 101 cm³/mol. The fourth-order valence-corrected chi connectivity index (χ4v) is 3.26. The van der Waals surface area contributed by atoms with E-state index < -0.39 is 0 Å². The molecule has 0 radical (unpaired) electrons. The summed E-state index contributed by atoms with van der Waals surface area (Å²) >= 11 is 1.20. The summed E-state index contributed by atoms with van der Waals surface area (Å²) in [6.45, 7) is 1.69. The lowest BCUT2D eigenvalue weighted by molar-refractivity contribution is -0.113. The van der Waals surface area contributed by atoms with E-state index in [1.807, 2.05) is 0 Å². The molecule has 0 saturated carbocycles. The number of fused-ring (bicyclic) bond motifs is 1. The number of thioether (sulfide) groups is 1. The second-order valence-corrected chi connectivity index (χ2v) is 6.82. The van der Waals surface area contributed by atoms with E-state index in [1.165, 1.54) is 23.4 Å². The van der Waals surface area contributed by atoms with E-state index >= 15 is 0 Å². The largest absolute Gasteiger partial charge is 0.454 e. The molecule has 0 aliphatic carbocycles. The van der Waals surface area contributed by atoms with Crippen LogP contribution in [0, 0.1) is 0 Å². The third-order valence-corrected chi connectivity index (χ3v) is 4.87. The molecule has 2 aromatic carbocycles. The highest BCUT2D eigenvalue weighted by Gasteiger charge is 2.15. The van der Waals surface area contributed by atoms with Crippen molar-refractivity contribution in [2.24, 2.45) is 0 Å². The molecule has 0 saturated heterocycles. The molecule has 0 atom stereocenters. The van der Waals surface area contributed by atoms with Crippen molar-refractivity contribution in [3.8, 4) is 17.2 Å². The van der Waals surface area contributed by atoms with E-state index in [0.717, 1.165) is 0 Å². The highest BCUT2D eigenvalue weighted by molar-refractivity contribution is 7.99. The zero-order valence-corrected chi connectivity index (χ0v) is 15.6. The van der Waals surface area contributed by atoms with Gasteiger partial charge in [0, 0.05) is 17.3 Å². The molecule has 4 rings (SSSR count). The number of amides is 1. The number of anilines is 1. The Hall–Kier alpha value is -3.40. The molecule has 1 amide bonds. The van der Waals surface area contributed by atoms with Crippen molar-refractivity contribution in [2.45, 2.75) is 12.1 Å². The number of hydrogen-bond donors (Lipinski definition) is 1. The zero-order valence-electron chi connectivity index (χ0n) is 14.8. The summed E-state index contributed by atoms with van der Waals surface area (Å²) < 4.78 is 12.1. The van der Waals surface area contributed by atoms with Gasteiger partial charge in [0.15, 0.2) is 17.3 Å². The van der Waals surface area contributed by atoms with E-state index in [2.05, 4.69) is 20.8 Å². The number of benzene rings is 2. The number of hydrogen-bond acceptors (Lipinski definition) is 8. The Kier molecular flexibility index (Phi) is 4.94. The molecule has 1 aliphatic heterocycles. The molecule has 9 nitrogen and oxygen atoms in total. The van der Waals surface area contributed by atoms with Gasteiger partial charge in [-0.3, -0.25) is 9.59 Å². The van der Waals surface area contributed by atoms with Crippen LogP contribution >= 0.6 is 11.8 Å². The Morgan fingerprint density at radius 2 is 1.93 bits per heavy atom. The Balaban J connectivity index is 1.39. The van der Waals surface area contributed by atoms with Crippen molar-refractivity contribution in [3.05, 3.63) is 48.0 Å². The Bertz CT molecular complexity index is 1030. The van der Waals surface area contributed by atoms with E-state index in [1.54, 1.807) is 42.5 Å². The fraction of sp³-hybridized carbons (Fsp3) is 0.167. The minimum absolute atomic E-state index is 0.0157. The van der Waals surface area contributed by atoms with E-state index in [0.29, 0.717) is 33.6 Å². The molecule has 3 aromatic rings. The lowest BCUT2D eigenvalue weighted by Crippen LogP contribution is -2.14. The first-order valence-electron chi connectivity index (χ1n) is 8.32. The van der Waals surface area contributed by atoms with Crippen LogP contribution in [0.3, 0.4) is 0 Å². The second kappa shape index (κ2) is 7.69. The van der Waals surface area contributed by atoms with Crippen molar-refractivity contribution in [1.29, 1.82) is 0 Å². The van der Waals surface area contributed by atoms with Gasteiger partial charge in [0.05, 0.1) is 11.4 Å². The van der Waals surface area contributed by atoms with Gasteiger partial charge in [-0.25, -0.2) is 0 Å². The summed E-state index contributed by atoms with van der Waals surface area (Å²) in [6, 6.07) is 12.1. The van der Waals surface area contributed by atoms with Gasteiger partial charge in [0.1, 0.15) is 0 Å². The summed E-state index contributed by atoms with van der Waals surface area (Å²) in [5.74, 6) is 1.16. The van der Waals surface area contributed by atoms with Crippen molar-refractivity contribution in [2.75, 3.05) is 17.9 Å². The number of nitrogens with one attached hydrogen (secondary N) is 1. The van der Waals surface area contributed by atoms with E-state index in [9.17, 15) is 9.59 Å². The maximum atomic E-state index is 12.3. The normalized spacial score (nSPS) is 12.0. The molecule has 2 heterocycles.